The average molecular weight is 441 g/mol. The number of carbonyl (C=O) groups is 3. The molecular weight excluding hydrogens is 413 g/mol. The molecule has 11 heteroatoms. The first-order valence-corrected chi connectivity index (χ1v) is 9.75. The van der Waals surface area contributed by atoms with Gasteiger partial charge in [-0.1, -0.05) is 0 Å². The molecule has 0 saturated heterocycles. The molecule has 0 aliphatic rings. The van der Waals surface area contributed by atoms with E-state index in [9.17, 15) is 19.5 Å². The summed E-state index contributed by atoms with van der Waals surface area (Å²) in [7, 11) is 1.54. The second kappa shape index (κ2) is 11.9. The Morgan fingerprint density at radius 2 is 1.77 bits per heavy atom. The standard InChI is InChI=1S/C20H29N5O5.Na/c1-20(2,3)30-19(29)23-14-12-15(17(26)21-4)25(13-14)10-7-5-6-9-24-11-8-22-16(24)18(27)28;/h8,11-13H,5-7,9-10H2,1-4H3,(H,21,26)(H,23,29)(H,27,28);/q;+1/p-1. The van der Waals surface area contributed by atoms with Crippen molar-refractivity contribution in [3.05, 3.63) is 36.2 Å². The zero-order chi connectivity index (χ0) is 22.3. The van der Waals surface area contributed by atoms with Gasteiger partial charge in [-0.05, 0) is 46.1 Å². The predicted octanol–water partition coefficient (Wildman–Crippen LogP) is -1.37. The van der Waals surface area contributed by atoms with Crippen LogP contribution in [0.15, 0.2) is 24.7 Å². The zero-order valence-corrected chi connectivity index (χ0v) is 20.7. The van der Waals surface area contributed by atoms with Crippen LogP contribution in [0.3, 0.4) is 0 Å². The Labute approximate surface area is 203 Å². The second-order valence-corrected chi connectivity index (χ2v) is 7.81. The van der Waals surface area contributed by atoms with E-state index in [0.717, 1.165) is 19.3 Å². The van der Waals surface area contributed by atoms with Crippen molar-refractivity contribution >= 4 is 23.7 Å². The second-order valence-electron chi connectivity index (χ2n) is 7.81. The summed E-state index contributed by atoms with van der Waals surface area (Å²) in [6.07, 6.45) is 6.46. The Morgan fingerprint density at radius 3 is 2.35 bits per heavy atom. The number of aromatic nitrogens is 3. The van der Waals surface area contributed by atoms with E-state index in [1.807, 2.05) is 0 Å². The zero-order valence-electron chi connectivity index (χ0n) is 18.7. The number of hydrogen-bond acceptors (Lipinski definition) is 6. The normalized spacial score (nSPS) is 10.8. The number of imidazole rings is 1. The Morgan fingerprint density at radius 1 is 1.13 bits per heavy atom. The van der Waals surface area contributed by atoms with Crippen LogP contribution in [-0.2, 0) is 17.8 Å². The molecule has 0 aliphatic carbocycles. The van der Waals surface area contributed by atoms with Gasteiger partial charge in [0.15, 0.2) is 5.82 Å². The maximum atomic E-state index is 12.2. The van der Waals surface area contributed by atoms with Crippen LogP contribution < -0.4 is 45.3 Å². The summed E-state index contributed by atoms with van der Waals surface area (Å²) in [5.41, 5.74) is 0.277. The Bertz CT molecular complexity index is 900. The van der Waals surface area contributed by atoms with Crippen LogP contribution in [0.5, 0.6) is 0 Å². The van der Waals surface area contributed by atoms with Crippen molar-refractivity contribution in [2.24, 2.45) is 0 Å². The number of amides is 2. The number of nitrogens with zero attached hydrogens (tertiary/aromatic N) is 3. The molecule has 2 aromatic heterocycles. The molecular formula is C20H28N5NaO5. The van der Waals surface area contributed by atoms with Crippen molar-refractivity contribution < 1.29 is 53.8 Å². The molecule has 0 saturated carbocycles. The van der Waals surface area contributed by atoms with Gasteiger partial charge in [0.25, 0.3) is 5.91 Å². The van der Waals surface area contributed by atoms with Crippen LogP contribution in [0.4, 0.5) is 10.5 Å². The predicted molar refractivity (Wildman–Crippen MR) is 108 cm³/mol. The van der Waals surface area contributed by atoms with E-state index in [0.29, 0.717) is 24.5 Å². The van der Waals surface area contributed by atoms with E-state index in [4.69, 9.17) is 4.74 Å². The number of carbonyl (C=O) groups excluding carboxylic acids is 3. The van der Waals surface area contributed by atoms with Crippen LogP contribution >= 0.6 is 0 Å². The molecule has 164 valence electrons. The third-order valence-corrected chi connectivity index (χ3v) is 4.20. The van der Waals surface area contributed by atoms with E-state index in [1.54, 1.807) is 55.4 Å². The largest absolute Gasteiger partial charge is 1.00 e. The summed E-state index contributed by atoms with van der Waals surface area (Å²) in [4.78, 5) is 38.9. The molecule has 31 heavy (non-hydrogen) atoms. The number of ether oxygens (including phenoxy) is 1. The van der Waals surface area contributed by atoms with Gasteiger partial charge >= 0.3 is 35.7 Å². The summed E-state index contributed by atoms with van der Waals surface area (Å²) in [6, 6.07) is 1.60. The monoisotopic (exact) mass is 441 g/mol. The van der Waals surface area contributed by atoms with Crippen molar-refractivity contribution in [1.29, 1.82) is 0 Å². The van der Waals surface area contributed by atoms with Gasteiger partial charge in [0.1, 0.15) is 17.3 Å². The van der Waals surface area contributed by atoms with Gasteiger partial charge in [0, 0.05) is 38.7 Å². The first-order chi connectivity index (χ1) is 14.1. The van der Waals surface area contributed by atoms with Crippen molar-refractivity contribution in [3.8, 4) is 0 Å². The molecule has 2 N–H and O–H groups in total. The van der Waals surface area contributed by atoms with E-state index in [1.165, 1.54) is 6.20 Å². The summed E-state index contributed by atoms with van der Waals surface area (Å²) < 4.78 is 8.56. The van der Waals surface area contributed by atoms with Gasteiger partial charge in [0.2, 0.25) is 0 Å². The fourth-order valence-corrected chi connectivity index (χ4v) is 2.92. The fourth-order valence-electron chi connectivity index (χ4n) is 2.92. The first-order valence-electron chi connectivity index (χ1n) is 9.75. The Hall–Kier alpha value is -2.30. The quantitative estimate of drug-likeness (QED) is 0.365. The van der Waals surface area contributed by atoms with Crippen molar-refractivity contribution in [1.82, 2.24) is 19.4 Å². The fraction of sp³-hybridized carbons (Fsp3) is 0.500. The number of carboxylic acids is 1. The molecule has 2 heterocycles. The molecule has 2 rings (SSSR count). The van der Waals surface area contributed by atoms with Gasteiger partial charge in [-0.3, -0.25) is 10.1 Å². The maximum Gasteiger partial charge on any atom is 1.00 e. The molecule has 0 radical (unpaired) electrons. The number of unbranched alkanes of at least 4 members (excludes halogenated alkanes) is 2. The smallest absolute Gasteiger partial charge is 0.542 e. The minimum absolute atomic E-state index is 0. The number of aromatic carboxylic acids is 1. The van der Waals surface area contributed by atoms with Crippen molar-refractivity contribution in [2.75, 3.05) is 12.4 Å². The molecule has 0 atom stereocenters. The van der Waals surface area contributed by atoms with Crippen LogP contribution in [0.1, 0.15) is 61.1 Å². The first kappa shape index (κ1) is 26.7. The number of aryl methyl sites for hydroxylation is 2. The summed E-state index contributed by atoms with van der Waals surface area (Å²) in [5.74, 6) is -1.64. The number of rotatable bonds is 9. The molecule has 0 spiro atoms. The van der Waals surface area contributed by atoms with Gasteiger partial charge in [-0.15, -0.1) is 0 Å². The van der Waals surface area contributed by atoms with E-state index < -0.39 is 17.7 Å². The average Bonchev–Trinajstić information content (AvgIpc) is 3.26. The third kappa shape index (κ3) is 8.39. The van der Waals surface area contributed by atoms with E-state index in [-0.39, 0.29) is 41.3 Å². The SMILES string of the molecule is CNC(=O)c1cc(NC(=O)OC(C)(C)C)cn1CCCCCn1ccnc1C(=O)[O-].[Na+]. The molecule has 0 fully saturated rings. The molecule has 0 aromatic carbocycles. The van der Waals surface area contributed by atoms with Crippen molar-refractivity contribution in [2.45, 2.75) is 58.7 Å². The van der Waals surface area contributed by atoms with Gasteiger partial charge in [-0.25, -0.2) is 9.78 Å². The molecule has 0 aliphatic heterocycles. The Balaban J connectivity index is 0.00000480. The van der Waals surface area contributed by atoms with Crippen LogP contribution in [0.2, 0.25) is 0 Å². The van der Waals surface area contributed by atoms with E-state index >= 15 is 0 Å². The van der Waals surface area contributed by atoms with Crippen LogP contribution in [-0.4, -0.2) is 44.7 Å². The molecule has 0 bridgehead atoms. The number of nitrogens with one attached hydrogen (secondary N) is 2. The van der Waals surface area contributed by atoms with Crippen LogP contribution in [0, 0.1) is 0 Å². The third-order valence-electron chi connectivity index (χ3n) is 4.20. The molecule has 10 nitrogen and oxygen atoms in total. The Kier molecular flexibility index (Phi) is 10.3. The minimum atomic E-state index is -1.30. The van der Waals surface area contributed by atoms with Crippen LogP contribution in [0.25, 0.3) is 0 Å². The number of carboxylic acid groups (broad SMARTS) is 1. The van der Waals surface area contributed by atoms with Gasteiger partial charge in [0.05, 0.1) is 5.69 Å². The molecule has 0 unspecified atom stereocenters. The molecule has 2 amide bonds. The van der Waals surface area contributed by atoms with E-state index in [2.05, 4.69) is 15.6 Å². The van der Waals surface area contributed by atoms with Gasteiger partial charge in [-0.2, -0.15) is 0 Å². The molecule has 2 aromatic rings. The summed E-state index contributed by atoms with van der Waals surface area (Å²) in [5, 5.41) is 16.2. The maximum absolute atomic E-state index is 12.2. The van der Waals surface area contributed by atoms with Crippen molar-refractivity contribution in [3.63, 3.8) is 0 Å². The summed E-state index contributed by atoms with van der Waals surface area (Å²) in [6.45, 7) is 6.40. The topological polar surface area (TPSA) is 130 Å². The van der Waals surface area contributed by atoms with Gasteiger partial charge < -0.3 is 29.1 Å². The minimum Gasteiger partial charge on any atom is -0.542 e. The number of hydrogen-bond donors (Lipinski definition) is 2. The summed E-state index contributed by atoms with van der Waals surface area (Å²) >= 11 is 0. The number of anilines is 1.